The molecule has 2 unspecified atom stereocenters. The Hall–Kier alpha value is -0.220. The third-order valence-electron chi connectivity index (χ3n) is 3.94. The molecule has 4 heteroatoms. The average molecular weight is 203 g/mol. The molecule has 0 radical (unpaired) electrons. The van der Waals surface area contributed by atoms with Gasteiger partial charge in [0, 0.05) is 24.8 Å². The molecule has 0 aromatic heterocycles. The van der Waals surface area contributed by atoms with Crippen LogP contribution in [0.15, 0.2) is 0 Å². The van der Waals surface area contributed by atoms with Crippen molar-refractivity contribution >= 4 is 0 Å². The summed E-state index contributed by atoms with van der Waals surface area (Å²) in [4.78, 5) is 0. The maximum absolute atomic E-state index is 14.1. The molecule has 0 aliphatic heterocycles. The maximum atomic E-state index is 14.1. The van der Waals surface area contributed by atoms with E-state index < -0.39 is 22.5 Å². The van der Waals surface area contributed by atoms with Gasteiger partial charge >= 0.3 is 0 Å². The van der Waals surface area contributed by atoms with Gasteiger partial charge < -0.3 is 10.8 Å². The maximum Gasteiger partial charge on any atom is 0.118 e. The van der Waals surface area contributed by atoms with Gasteiger partial charge in [0.15, 0.2) is 0 Å². The molecule has 0 spiro atoms. The van der Waals surface area contributed by atoms with E-state index in [1.165, 1.54) is 0 Å². The van der Waals surface area contributed by atoms with Crippen LogP contribution in [0.3, 0.4) is 0 Å². The number of hydrogen-bond acceptors (Lipinski definition) is 2. The predicted molar refractivity (Wildman–Crippen MR) is 47.2 cm³/mol. The summed E-state index contributed by atoms with van der Waals surface area (Å²) in [5.41, 5.74) is 0.811. The van der Waals surface area contributed by atoms with Crippen LogP contribution in [0.1, 0.15) is 38.5 Å². The van der Waals surface area contributed by atoms with Crippen LogP contribution >= 0.6 is 0 Å². The zero-order valence-electron chi connectivity index (χ0n) is 8.02. The summed E-state index contributed by atoms with van der Waals surface area (Å²) in [5.74, 6) is 0. The standard InChI is InChI=1S/C10H15F2NO/c11-7-1-8(12)3-9(13,2-7)6-10(14,4-7)5-8/h14H,1-6,13H2. The number of aliphatic hydroxyl groups is 1. The van der Waals surface area contributed by atoms with Gasteiger partial charge in [-0.3, -0.25) is 0 Å². The molecule has 0 aromatic carbocycles. The third kappa shape index (κ3) is 1.07. The molecule has 0 heterocycles. The number of halogens is 2. The van der Waals surface area contributed by atoms with Crippen molar-refractivity contribution in [2.75, 3.05) is 0 Å². The molecule has 4 rings (SSSR count). The molecular formula is C10H15F2NO. The highest BCUT2D eigenvalue weighted by Gasteiger charge is 2.68. The largest absolute Gasteiger partial charge is 0.390 e. The first-order valence-electron chi connectivity index (χ1n) is 5.13. The molecule has 2 atom stereocenters. The van der Waals surface area contributed by atoms with Gasteiger partial charge in [-0.15, -0.1) is 0 Å². The minimum Gasteiger partial charge on any atom is -0.390 e. The van der Waals surface area contributed by atoms with Gasteiger partial charge in [0.2, 0.25) is 0 Å². The second-order valence-electron chi connectivity index (χ2n) is 5.95. The van der Waals surface area contributed by atoms with Gasteiger partial charge in [-0.25, -0.2) is 8.78 Å². The molecule has 4 aliphatic carbocycles. The third-order valence-corrected chi connectivity index (χ3v) is 3.94. The first-order valence-corrected chi connectivity index (χ1v) is 5.13. The molecule has 14 heavy (non-hydrogen) atoms. The Morgan fingerprint density at radius 3 is 1.71 bits per heavy atom. The zero-order chi connectivity index (χ0) is 10.2. The van der Waals surface area contributed by atoms with Crippen molar-refractivity contribution in [2.24, 2.45) is 5.73 Å². The highest BCUT2D eigenvalue weighted by atomic mass is 19.2. The lowest BCUT2D eigenvalue weighted by Gasteiger charge is -2.63. The quantitative estimate of drug-likeness (QED) is 0.621. The minimum atomic E-state index is -1.56. The molecule has 80 valence electrons. The van der Waals surface area contributed by atoms with Gasteiger partial charge in [-0.1, -0.05) is 0 Å². The fraction of sp³-hybridized carbons (Fsp3) is 1.00. The van der Waals surface area contributed by atoms with Crippen LogP contribution in [0.2, 0.25) is 0 Å². The van der Waals surface area contributed by atoms with E-state index in [1.807, 2.05) is 0 Å². The minimum absolute atomic E-state index is 0.0682. The van der Waals surface area contributed by atoms with E-state index in [4.69, 9.17) is 5.73 Å². The lowest BCUT2D eigenvalue weighted by Crippen LogP contribution is -2.72. The van der Waals surface area contributed by atoms with Gasteiger partial charge in [-0.2, -0.15) is 0 Å². The van der Waals surface area contributed by atoms with Crippen molar-refractivity contribution in [1.82, 2.24) is 0 Å². The molecule has 4 saturated carbocycles. The van der Waals surface area contributed by atoms with E-state index in [1.54, 1.807) is 0 Å². The fourth-order valence-electron chi connectivity index (χ4n) is 4.41. The lowest BCUT2D eigenvalue weighted by molar-refractivity contribution is -0.215. The Labute approximate surface area is 81.5 Å². The number of hydrogen-bond donors (Lipinski definition) is 2. The summed E-state index contributed by atoms with van der Waals surface area (Å²) < 4.78 is 28.3. The van der Waals surface area contributed by atoms with Crippen LogP contribution < -0.4 is 5.73 Å². The molecule has 0 saturated heterocycles. The molecule has 3 N–H and O–H groups in total. The van der Waals surface area contributed by atoms with Crippen LogP contribution in [0.4, 0.5) is 8.78 Å². The van der Waals surface area contributed by atoms with Crippen molar-refractivity contribution in [3.63, 3.8) is 0 Å². The fourth-order valence-corrected chi connectivity index (χ4v) is 4.41. The molecule has 4 aliphatic rings. The second kappa shape index (κ2) is 2.00. The topological polar surface area (TPSA) is 46.2 Å². The molecule has 4 bridgehead atoms. The van der Waals surface area contributed by atoms with Crippen molar-refractivity contribution in [3.05, 3.63) is 0 Å². The Balaban J connectivity index is 2.08. The average Bonchev–Trinajstić information content (AvgIpc) is 1.67. The molecule has 0 aromatic rings. The van der Waals surface area contributed by atoms with Gasteiger partial charge in [0.1, 0.15) is 11.3 Å². The number of nitrogens with two attached hydrogens (primary N) is 1. The van der Waals surface area contributed by atoms with Crippen LogP contribution in [0.25, 0.3) is 0 Å². The normalized spacial score (nSPS) is 66.0. The van der Waals surface area contributed by atoms with E-state index in [0.29, 0.717) is 6.42 Å². The number of alkyl halides is 2. The van der Waals surface area contributed by atoms with Crippen LogP contribution in [0.5, 0.6) is 0 Å². The molecular weight excluding hydrogens is 188 g/mol. The lowest BCUT2D eigenvalue weighted by atomic mass is 9.49. The van der Waals surface area contributed by atoms with Gasteiger partial charge in [-0.05, 0) is 19.3 Å². The summed E-state index contributed by atoms with van der Waals surface area (Å²) in [6.45, 7) is 0. The summed E-state index contributed by atoms with van der Waals surface area (Å²) in [6.07, 6.45) is 0.871. The van der Waals surface area contributed by atoms with E-state index in [-0.39, 0.29) is 32.1 Å². The summed E-state index contributed by atoms with van der Waals surface area (Å²) in [5, 5.41) is 10.0. The van der Waals surface area contributed by atoms with Crippen LogP contribution in [0, 0.1) is 0 Å². The number of rotatable bonds is 0. The Bertz CT molecular complexity index is 211. The van der Waals surface area contributed by atoms with Crippen LogP contribution in [-0.2, 0) is 0 Å². The summed E-state index contributed by atoms with van der Waals surface area (Å²) in [7, 11) is 0. The smallest absolute Gasteiger partial charge is 0.118 e. The van der Waals surface area contributed by atoms with E-state index in [9.17, 15) is 13.9 Å². The monoisotopic (exact) mass is 203 g/mol. The van der Waals surface area contributed by atoms with E-state index in [2.05, 4.69) is 0 Å². The van der Waals surface area contributed by atoms with Crippen molar-refractivity contribution in [1.29, 1.82) is 0 Å². The zero-order valence-corrected chi connectivity index (χ0v) is 8.02. The highest BCUT2D eigenvalue weighted by molar-refractivity contribution is 5.22. The Morgan fingerprint density at radius 1 is 0.857 bits per heavy atom. The predicted octanol–water partition coefficient (Wildman–Crippen LogP) is 1.21. The van der Waals surface area contributed by atoms with Crippen molar-refractivity contribution in [3.8, 4) is 0 Å². The Morgan fingerprint density at radius 2 is 1.36 bits per heavy atom. The van der Waals surface area contributed by atoms with E-state index in [0.717, 1.165) is 0 Å². The van der Waals surface area contributed by atoms with E-state index >= 15 is 0 Å². The second-order valence-corrected chi connectivity index (χ2v) is 5.95. The summed E-state index contributed by atoms with van der Waals surface area (Å²) >= 11 is 0. The van der Waals surface area contributed by atoms with Crippen molar-refractivity contribution in [2.45, 2.75) is 61.0 Å². The SMILES string of the molecule is NC12CC3(O)CC(F)(C1)CC(F)(C2)C3. The van der Waals surface area contributed by atoms with Gasteiger partial charge in [0.05, 0.1) is 5.60 Å². The molecule has 2 nitrogen and oxygen atoms in total. The molecule has 4 fully saturated rings. The van der Waals surface area contributed by atoms with Crippen molar-refractivity contribution < 1.29 is 13.9 Å². The summed E-state index contributed by atoms with van der Waals surface area (Å²) in [6, 6.07) is 0. The first kappa shape index (κ1) is 9.04. The first-order chi connectivity index (χ1) is 6.24. The highest BCUT2D eigenvalue weighted by Crippen LogP contribution is 2.62. The van der Waals surface area contributed by atoms with Gasteiger partial charge in [0.25, 0.3) is 0 Å². The Kier molecular flexibility index (Phi) is 1.29. The van der Waals surface area contributed by atoms with Crippen LogP contribution in [-0.4, -0.2) is 27.6 Å². The molecule has 0 amide bonds.